The number of carbonyl (C=O) groups is 2. The van der Waals surface area contributed by atoms with Gasteiger partial charge in [-0.1, -0.05) is 26.3 Å². The summed E-state index contributed by atoms with van der Waals surface area (Å²) in [4.78, 5) is 23.1. The second-order valence-corrected chi connectivity index (χ2v) is 5.64. The van der Waals surface area contributed by atoms with Crippen molar-refractivity contribution < 1.29 is 14.7 Å². The smallest absolute Gasteiger partial charge is 0.326 e. The van der Waals surface area contributed by atoms with Crippen LogP contribution >= 0.6 is 15.9 Å². The Morgan fingerprint density at radius 1 is 1.40 bits per heavy atom. The molecule has 2 amide bonds. The summed E-state index contributed by atoms with van der Waals surface area (Å²) >= 11 is 3.34. The molecule has 0 spiro atoms. The third kappa shape index (κ3) is 4.52. The zero-order valence-corrected chi connectivity index (χ0v) is 13.3. The highest BCUT2D eigenvalue weighted by Gasteiger charge is 2.25. The summed E-state index contributed by atoms with van der Waals surface area (Å²) in [5.74, 6) is -1.17. The molecule has 1 aromatic carbocycles. The third-order valence-electron chi connectivity index (χ3n) is 3.14. The molecule has 0 aromatic heterocycles. The van der Waals surface area contributed by atoms with Gasteiger partial charge in [-0.15, -0.1) is 0 Å². The van der Waals surface area contributed by atoms with Crippen LogP contribution in [-0.4, -0.2) is 23.1 Å². The summed E-state index contributed by atoms with van der Waals surface area (Å²) in [6, 6.07) is 4.12. The molecule has 2 atom stereocenters. The molecule has 20 heavy (non-hydrogen) atoms. The molecule has 0 aliphatic rings. The molecular weight excluding hydrogens is 324 g/mol. The highest BCUT2D eigenvalue weighted by atomic mass is 79.9. The van der Waals surface area contributed by atoms with Gasteiger partial charge in [0.2, 0.25) is 0 Å². The number of carbonyl (C=O) groups excluding carboxylic acids is 1. The van der Waals surface area contributed by atoms with Crippen LogP contribution in [0.1, 0.15) is 25.8 Å². The van der Waals surface area contributed by atoms with Crippen molar-refractivity contribution in [2.75, 3.05) is 5.32 Å². The fourth-order valence-corrected chi connectivity index (χ4v) is 2.06. The number of hydrogen-bond donors (Lipinski definition) is 3. The second-order valence-electron chi connectivity index (χ2n) is 4.78. The maximum Gasteiger partial charge on any atom is 0.326 e. The lowest BCUT2D eigenvalue weighted by Gasteiger charge is -2.20. The summed E-state index contributed by atoms with van der Waals surface area (Å²) in [5.41, 5.74) is 1.61. The predicted octanol–water partition coefficient (Wildman–Crippen LogP) is 3.38. The topological polar surface area (TPSA) is 78.4 Å². The standard InChI is InChI=1S/C14H19BrN2O3/c1-4-9(3)12(13(18)19)17-14(20)16-11-7-8(2)5-6-10(11)15/h5-7,9,12H,4H2,1-3H3,(H,18,19)(H2,16,17,20). The van der Waals surface area contributed by atoms with Gasteiger partial charge < -0.3 is 15.7 Å². The molecule has 0 radical (unpaired) electrons. The molecule has 3 N–H and O–H groups in total. The third-order valence-corrected chi connectivity index (χ3v) is 3.83. The number of halogens is 1. The maximum atomic E-state index is 11.9. The first kappa shape index (κ1) is 16.5. The number of nitrogens with one attached hydrogen (secondary N) is 2. The van der Waals surface area contributed by atoms with Crippen LogP contribution in [0.2, 0.25) is 0 Å². The SMILES string of the molecule is CCC(C)C(NC(=O)Nc1cc(C)ccc1Br)C(=O)O. The number of aliphatic carboxylic acids is 1. The molecule has 0 heterocycles. The summed E-state index contributed by atoms with van der Waals surface area (Å²) in [7, 11) is 0. The van der Waals surface area contributed by atoms with E-state index in [1.165, 1.54) is 0 Å². The number of amides is 2. The van der Waals surface area contributed by atoms with Gasteiger partial charge in [-0.05, 0) is 46.5 Å². The molecule has 0 aliphatic carbocycles. The predicted molar refractivity (Wildman–Crippen MR) is 81.9 cm³/mol. The first-order valence-electron chi connectivity index (χ1n) is 6.41. The van der Waals surface area contributed by atoms with Crippen molar-refractivity contribution in [1.82, 2.24) is 5.32 Å². The number of hydrogen-bond acceptors (Lipinski definition) is 2. The van der Waals surface area contributed by atoms with E-state index in [1.807, 2.05) is 32.0 Å². The molecule has 5 nitrogen and oxygen atoms in total. The molecule has 6 heteroatoms. The molecule has 0 fully saturated rings. The van der Waals surface area contributed by atoms with Crippen molar-refractivity contribution in [2.45, 2.75) is 33.2 Å². The number of benzene rings is 1. The molecule has 0 saturated carbocycles. The minimum absolute atomic E-state index is 0.140. The van der Waals surface area contributed by atoms with Gasteiger partial charge in [0, 0.05) is 4.47 Å². The fraction of sp³-hybridized carbons (Fsp3) is 0.429. The van der Waals surface area contributed by atoms with E-state index in [4.69, 9.17) is 5.11 Å². The van der Waals surface area contributed by atoms with Gasteiger partial charge >= 0.3 is 12.0 Å². The van der Waals surface area contributed by atoms with Crippen LogP contribution < -0.4 is 10.6 Å². The van der Waals surface area contributed by atoms with Gasteiger partial charge in [-0.25, -0.2) is 9.59 Å². The molecule has 0 aliphatic heterocycles. The Kier molecular flexibility index (Phi) is 6.01. The number of carboxylic acids is 1. The van der Waals surface area contributed by atoms with Crippen molar-refractivity contribution in [3.8, 4) is 0 Å². The summed E-state index contributed by atoms with van der Waals surface area (Å²) in [6.45, 7) is 5.59. The van der Waals surface area contributed by atoms with Crippen LogP contribution in [0.4, 0.5) is 10.5 Å². The number of aryl methyl sites for hydroxylation is 1. The first-order chi connectivity index (χ1) is 9.35. The fourth-order valence-electron chi connectivity index (χ4n) is 1.72. The van der Waals surface area contributed by atoms with Crippen molar-refractivity contribution >= 4 is 33.6 Å². The van der Waals surface area contributed by atoms with Crippen LogP contribution in [0, 0.1) is 12.8 Å². The van der Waals surface area contributed by atoms with Crippen LogP contribution in [0.25, 0.3) is 0 Å². The van der Waals surface area contributed by atoms with Gasteiger partial charge in [-0.3, -0.25) is 0 Å². The Labute approximate surface area is 126 Å². The lowest BCUT2D eigenvalue weighted by molar-refractivity contribution is -0.140. The Balaban J connectivity index is 2.75. The minimum Gasteiger partial charge on any atom is -0.480 e. The summed E-state index contributed by atoms with van der Waals surface area (Å²) in [5, 5.41) is 14.3. The van der Waals surface area contributed by atoms with Crippen molar-refractivity contribution in [3.05, 3.63) is 28.2 Å². The molecular formula is C14H19BrN2O3. The van der Waals surface area contributed by atoms with Crippen molar-refractivity contribution in [1.29, 1.82) is 0 Å². The average molecular weight is 343 g/mol. The van der Waals surface area contributed by atoms with E-state index < -0.39 is 18.0 Å². The van der Waals surface area contributed by atoms with Gasteiger partial charge in [0.1, 0.15) is 6.04 Å². The van der Waals surface area contributed by atoms with Crippen LogP contribution in [0.15, 0.2) is 22.7 Å². The van der Waals surface area contributed by atoms with Gasteiger partial charge in [0.15, 0.2) is 0 Å². The summed E-state index contributed by atoms with van der Waals surface area (Å²) in [6.07, 6.45) is 0.672. The zero-order valence-electron chi connectivity index (χ0n) is 11.7. The van der Waals surface area contributed by atoms with E-state index in [9.17, 15) is 9.59 Å². The number of urea groups is 1. The van der Waals surface area contributed by atoms with E-state index >= 15 is 0 Å². The average Bonchev–Trinajstić information content (AvgIpc) is 2.39. The Hall–Kier alpha value is -1.56. The van der Waals surface area contributed by atoms with Crippen molar-refractivity contribution in [3.63, 3.8) is 0 Å². The normalized spacial score (nSPS) is 13.4. The lowest BCUT2D eigenvalue weighted by atomic mass is 9.99. The van der Waals surface area contributed by atoms with Crippen LogP contribution in [0.5, 0.6) is 0 Å². The first-order valence-corrected chi connectivity index (χ1v) is 7.21. The monoisotopic (exact) mass is 342 g/mol. The molecule has 0 saturated heterocycles. The molecule has 1 aromatic rings. The zero-order chi connectivity index (χ0) is 15.3. The highest BCUT2D eigenvalue weighted by molar-refractivity contribution is 9.10. The Morgan fingerprint density at radius 3 is 2.60 bits per heavy atom. The molecule has 110 valence electrons. The number of rotatable bonds is 5. The van der Waals surface area contributed by atoms with Crippen LogP contribution in [-0.2, 0) is 4.79 Å². The van der Waals surface area contributed by atoms with Crippen LogP contribution in [0.3, 0.4) is 0 Å². The largest absolute Gasteiger partial charge is 0.480 e. The molecule has 2 unspecified atom stereocenters. The van der Waals surface area contributed by atoms with E-state index in [1.54, 1.807) is 6.92 Å². The second kappa shape index (κ2) is 7.28. The number of carboxylic acid groups (broad SMARTS) is 1. The van der Waals surface area contributed by atoms with Gasteiger partial charge in [0.25, 0.3) is 0 Å². The molecule has 1 rings (SSSR count). The lowest BCUT2D eigenvalue weighted by Crippen LogP contribution is -2.46. The number of anilines is 1. The highest BCUT2D eigenvalue weighted by Crippen LogP contribution is 2.23. The molecule has 0 bridgehead atoms. The van der Waals surface area contributed by atoms with E-state index in [0.717, 1.165) is 10.0 Å². The maximum absolute atomic E-state index is 11.9. The van der Waals surface area contributed by atoms with Crippen molar-refractivity contribution in [2.24, 2.45) is 5.92 Å². The summed E-state index contributed by atoms with van der Waals surface area (Å²) < 4.78 is 0.744. The minimum atomic E-state index is -1.03. The van der Waals surface area contributed by atoms with Gasteiger partial charge in [-0.2, -0.15) is 0 Å². The quantitative estimate of drug-likeness (QED) is 0.767. The van der Waals surface area contributed by atoms with E-state index in [2.05, 4.69) is 26.6 Å². The van der Waals surface area contributed by atoms with E-state index in [-0.39, 0.29) is 5.92 Å². The Morgan fingerprint density at radius 2 is 2.05 bits per heavy atom. The van der Waals surface area contributed by atoms with E-state index in [0.29, 0.717) is 12.1 Å². The Bertz CT molecular complexity index is 505. The van der Waals surface area contributed by atoms with Gasteiger partial charge in [0.05, 0.1) is 5.69 Å².